The highest BCUT2D eigenvalue weighted by Crippen LogP contribution is 2.14. The third kappa shape index (κ3) is 3.01. The smallest absolute Gasteiger partial charge is 0.163 e. The minimum Gasteiger partial charge on any atom is -0.294 e. The third-order valence-corrected chi connectivity index (χ3v) is 3.70. The minimum absolute atomic E-state index is 0.205. The van der Waals surface area contributed by atoms with Gasteiger partial charge in [-0.25, -0.2) is 4.98 Å². The van der Waals surface area contributed by atoms with Gasteiger partial charge in [0.1, 0.15) is 0 Å². The maximum absolute atomic E-state index is 12.0. The molecule has 0 N–H and O–H groups in total. The molecule has 17 heavy (non-hydrogen) atoms. The van der Waals surface area contributed by atoms with E-state index < -0.39 is 0 Å². The van der Waals surface area contributed by atoms with Gasteiger partial charge >= 0.3 is 0 Å². The lowest BCUT2D eigenvalue weighted by molar-refractivity contribution is 0.0982. The van der Waals surface area contributed by atoms with Gasteiger partial charge in [0.05, 0.1) is 5.01 Å². The maximum atomic E-state index is 12.0. The first-order valence-corrected chi connectivity index (χ1v) is 6.54. The van der Waals surface area contributed by atoms with Gasteiger partial charge in [-0.2, -0.15) is 0 Å². The molecular formula is C14H15NOS. The van der Waals surface area contributed by atoms with Gasteiger partial charge in [-0.15, -0.1) is 11.3 Å². The van der Waals surface area contributed by atoms with Gasteiger partial charge < -0.3 is 0 Å². The van der Waals surface area contributed by atoms with E-state index in [-0.39, 0.29) is 5.78 Å². The minimum atomic E-state index is 0.205. The molecular weight excluding hydrogens is 230 g/mol. The van der Waals surface area contributed by atoms with Crippen molar-refractivity contribution in [1.82, 2.24) is 4.98 Å². The molecule has 3 heteroatoms. The summed E-state index contributed by atoms with van der Waals surface area (Å²) in [5, 5.41) is 3.07. The Morgan fingerprint density at radius 2 is 2.06 bits per heavy atom. The molecule has 0 amide bonds. The Balaban J connectivity index is 2.01. The van der Waals surface area contributed by atoms with Gasteiger partial charge in [0, 0.05) is 29.5 Å². The first-order valence-electron chi connectivity index (χ1n) is 5.66. The van der Waals surface area contributed by atoms with Gasteiger partial charge in [0.15, 0.2) is 5.78 Å². The summed E-state index contributed by atoms with van der Waals surface area (Å²) in [4.78, 5) is 16.4. The van der Waals surface area contributed by atoms with Crippen LogP contribution in [0.5, 0.6) is 0 Å². The molecule has 2 nitrogen and oxygen atoms in total. The van der Waals surface area contributed by atoms with Crippen LogP contribution in [0, 0.1) is 13.8 Å². The summed E-state index contributed by atoms with van der Waals surface area (Å²) >= 11 is 1.63. The van der Waals surface area contributed by atoms with E-state index in [0.29, 0.717) is 6.42 Å². The molecule has 0 aliphatic heterocycles. The molecule has 0 saturated carbocycles. The number of aryl methyl sites for hydroxylation is 3. The average molecular weight is 245 g/mol. The number of Topliss-reactive ketones (excluding diaryl/α,β-unsaturated/α-hetero) is 1. The Morgan fingerprint density at radius 1 is 1.29 bits per heavy atom. The van der Waals surface area contributed by atoms with E-state index in [9.17, 15) is 4.79 Å². The van der Waals surface area contributed by atoms with E-state index in [4.69, 9.17) is 0 Å². The van der Waals surface area contributed by atoms with Crippen LogP contribution >= 0.6 is 11.3 Å². The highest BCUT2D eigenvalue weighted by atomic mass is 32.1. The maximum Gasteiger partial charge on any atom is 0.163 e. The quantitative estimate of drug-likeness (QED) is 0.771. The number of hydrogen-bond donors (Lipinski definition) is 0. The second-order valence-electron chi connectivity index (χ2n) is 4.12. The van der Waals surface area contributed by atoms with Crippen LogP contribution in [0.1, 0.15) is 33.0 Å². The van der Waals surface area contributed by atoms with Gasteiger partial charge in [0.2, 0.25) is 0 Å². The van der Waals surface area contributed by atoms with Crippen molar-refractivity contribution in [2.24, 2.45) is 0 Å². The van der Waals surface area contributed by atoms with Crippen LogP contribution in [-0.4, -0.2) is 10.8 Å². The molecule has 1 aromatic heterocycles. The summed E-state index contributed by atoms with van der Waals surface area (Å²) in [6.45, 7) is 3.95. The number of ketones is 1. The molecule has 0 radical (unpaired) electrons. The largest absolute Gasteiger partial charge is 0.294 e. The van der Waals surface area contributed by atoms with E-state index in [1.54, 1.807) is 11.3 Å². The zero-order chi connectivity index (χ0) is 12.3. The molecule has 0 saturated heterocycles. The van der Waals surface area contributed by atoms with Gasteiger partial charge in [-0.05, 0) is 19.4 Å². The molecule has 0 fully saturated rings. The van der Waals surface area contributed by atoms with Crippen LogP contribution in [0.3, 0.4) is 0 Å². The first kappa shape index (κ1) is 12.0. The van der Waals surface area contributed by atoms with Crippen molar-refractivity contribution >= 4 is 17.1 Å². The molecule has 1 aromatic carbocycles. The number of rotatable bonds is 4. The summed E-state index contributed by atoms with van der Waals surface area (Å²) < 4.78 is 0. The lowest BCUT2D eigenvalue weighted by atomic mass is 10.0. The monoisotopic (exact) mass is 245 g/mol. The van der Waals surface area contributed by atoms with Crippen LogP contribution in [0.25, 0.3) is 0 Å². The molecule has 88 valence electrons. The van der Waals surface area contributed by atoms with Crippen molar-refractivity contribution in [3.8, 4) is 0 Å². The Kier molecular flexibility index (Phi) is 3.69. The van der Waals surface area contributed by atoms with Gasteiger partial charge in [-0.1, -0.05) is 24.3 Å². The second-order valence-corrected chi connectivity index (χ2v) is 5.06. The summed E-state index contributed by atoms with van der Waals surface area (Å²) in [5.41, 5.74) is 2.92. The molecule has 2 aromatic rings. The number of benzene rings is 1. The van der Waals surface area contributed by atoms with E-state index in [1.807, 2.05) is 43.5 Å². The fourth-order valence-corrected chi connectivity index (χ4v) is 2.53. The molecule has 0 unspecified atom stereocenters. The number of carbonyl (C=O) groups excluding carboxylic acids is 1. The predicted molar refractivity (Wildman–Crippen MR) is 70.7 cm³/mol. The van der Waals surface area contributed by atoms with Crippen molar-refractivity contribution in [3.63, 3.8) is 0 Å². The second kappa shape index (κ2) is 5.23. The highest BCUT2D eigenvalue weighted by molar-refractivity contribution is 7.09. The lowest BCUT2D eigenvalue weighted by Crippen LogP contribution is -2.03. The molecule has 0 aliphatic rings. The zero-order valence-electron chi connectivity index (χ0n) is 10.1. The number of carbonyl (C=O) groups is 1. The standard InChI is InChI=1S/C14H15NOS/c1-10-5-3-4-6-12(10)13(16)7-8-14-15-11(2)9-17-14/h3-6,9H,7-8H2,1-2H3. The van der Waals surface area contributed by atoms with Crippen LogP contribution in [-0.2, 0) is 6.42 Å². The number of aromatic nitrogens is 1. The number of hydrogen-bond acceptors (Lipinski definition) is 3. The van der Waals surface area contributed by atoms with E-state index in [1.165, 1.54) is 0 Å². The SMILES string of the molecule is Cc1csc(CCC(=O)c2ccccc2C)n1. The molecule has 2 rings (SSSR count). The summed E-state index contributed by atoms with van der Waals surface area (Å²) in [6, 6.07) is 7.73. The van der Waals surface area contributed by atoms with E-state index in [2.05, 4.69) is 4.98 Å². The van der Waals surface area contributed by atoms with Gasteiger partial charge in [0.25, 0.3) is 0 Å². The van der Waals surface area contributed by atoms with E-state index >= 15 is 0 Å². The van der Waals surface area contributed by atoms with Crippen molar-refractivity contribution in [2.45, 2.75) is 26.7 Å². The fourth-order valence-electron chi connectivity index (χ4n) is 1.76. The van der Waals surface area contributed by atoms with Crippen molar-refractivity contribution < 1.29 is 4.79 Å². The van der Waals surface area contributed by atoms with Gasteiger partial charge in [-0.3, -0.25) is 4.79 Å². The first-order chi connectivity index (χ1) is 8.16. The lowest BCUT2D eigenvalue weighted by Gasteiger charge is -2.03. The Bertz CT molecular complexity index is 531. The third-order valence-electron chi connectivity index (χ3n) is 2.68. The topological polar surface area (TPSA) is 30.0 Å². The Labute approximate surface area is 105 Å². The fraction of sp³-hybridized carbons (Fsp3) is 0.286. The molecule has 1 heterocycles. The Morgan fingerprint density at radius 3 is 2.71 bits per heavy atom. The van der Waals surface area contributed by atoms with Crippen molar-refractivity contribution in [1.29, 1.82) is 0 Å². The summed E-state index contributed by atoms with van der Waals surface area (Å²) in [5.74, 6) is 0.205. The average Bonchev–Trinajstić information content (AvgIpc) is 2.73. The highest BCUT2D eigenvalue weighted by Gasteiger charge is 2.09. The molecule has 0 aliphatic carbocycles. The Hall–Kier alpha value is -1.48. The zero-order valence-corrected chi connectivity index (χ0v) is 10.9. The van der Waals surface area contributed by atoms with Crippen LogP contribution in [0.4, 0.5) is 0 Å². The number of nitrogens with zero attached hydrogens (tertiary/aromatic N) is 1. The number of thiazole rings is 1. The molecule has 0 bridgehead atoms. The normalized spacial score (nSPS) is 10.5. The van der Waals surface area contributed by atoms with Crippen molar-refractivity contribution in [3.05, 3.63) is 51.5 Å². The summed E-state index contributed by atoms with van der Waals surface area (Å²) in [6.07, 6.45) is 1.28. The molecule has 0 spiro atoms. The van der Waals surface area contributed by atoms with Crippen LogP contribution in [0.15, 0.2) is 29.6 Å². The molecule has 0 atom stereocenters. The van der Waals surface area contributed by atoms with Crippen LogP contribution in [0.2, 0.25) is 0 Å². The van der Waals surface area contributed by atoms with Crippen molar-refractivity contribution in [2.75, 3.05) is 0 Å². The summed E-state index contributed by atoms with van der Waals surface area (Å²) in [7, 11) is 0. The van der Waals surface area contributed by atoms with Crippen LogP contribution < -0.4 is 0 Å². The van der Waals surface area contributed by atoms with E-state index in [0.717, 1.165) is 28.2 Å². The predicted octanol–water partition coefficient (Wildman–Crippen LogP) is 3.58.